The molecule has 2 rings (SSSR count). The van der Waals surface area contributed by atoms with E-state index in [0.29, 0.717) is 17.7 Å². The second-order valence-corrected chi connectivity index (χ2v) is 6.63. The second-order valence-electron chi connectivity index (χ2n) is 6.63. The number of carbonyl (C=O) groups excluding carboxylic acids is 2. The maximum absolute atomic E-state index is 12.1. The molecule has 0 spiro atoms. The van der Waals surface area contributed by atoms with Crippen molar-refractivity contribution in [1.82, 2.24) is 5.32 Å². The summed E-state index contributed by atoms with van der Waals surface area (Å²) in [6.07, 6.45) is 0.383. The molecule has 0 saturated heterocycles. The van der Waals surface area contributed by atoms with Gasteiger partial charge in [0.05, 0.1) is 17.4 Å². The lowest BCUT2D eigenvalue weighted by molar-refractivity contribution is -0.385. The monoisotopic (exact) mass is 399 g/mol. The number of carbonyl (C=O) groups is 3. The van der Waals surface area contributed by atoms with E-state index in [-0.39, 0.29) is 17.8 Å². The molecule has 0 aromatic heterocycles. The third-order valence-electron chi connectivity index (χ3n) is 4.27. The fraction of sp³-hybridized carbons (Fsp3) is 0.250. The number of nitrogens with one attached hydrogen (secondary N) is 2. The smallest absolute Gasteiger partial charge is 0.306 e. The fourth-order valence-corrected chi connectivity index (χ4v) is 2.63. The molecule has 2 aromatic rings. The molecule has 0 aliphatic rings. The van der Waals surface area contributed by atoms with Gasteiger partial charge < -0.3 is 15.7 Å². The Labute approximate surface area is 166 Å². The number of carboxylic acids is 1. The van der Waals surface area contributed by atoms with Crippen LogP contribution in [0.15, 0.2) is 42.5 Å². The Morgan fingerprint density at radius 2 is 1.79 bits per heavy atom. The SMILES string of the molecule is Cc1cc(C(=O)NCC(=O)Nc2ccc(CC(C)C(=O)O)cc2)ccc1[N+](=O)[O-]. The zero-order chi connectivity index (χ0) is 21.6. The average Bonchev–Trinajstić information content (AvgIpc) is 2.67. The van der Waals surface area contributed by atoms with E-state index in [2.05, 4.69) is 10.6 Å². The number of nitro groups is 1. The van der Waals surface area contributed by atoms with Crippen molar-refractivity contribution >= 4 is 29.2 Å². The van der Waals surface area contributed by atoms with Crippen LogP contribution in [0.5, 0.6) is 0 Å². The summed E-state index contributed by atoms with van der Waals surface area (Å²) >= 11 is 0. The first-order valence-electron chi connectivity index (χ1n) is 8.82. The maximum atomic E-state index is 12.1. The van der Waals surface area contributed by atoms with Crippen LogP contribution in [0.4, 0.5) is 11.4 Å². The van der Waals surface area contributed by atoms with Gasteiger partial charge in [-0.25, -0.2) is 0 Å². The van der Waals surface area contributed by atoms with Crippen LogP contribution in [0.2, 0.25) is 0 Å². The molecule has 0 heterocycles. The zero-order valence-corrected chi connectivity index (χ0v) is 16.0. The van der Waals surface area contributed by atoms with Gasteiger partial charge in [-0.15, -0.1) is 0 Å². The zero-order valence-electron chi connectivity index (χ0n) is 16.0. The minimum atomic E-state index is -0.874. The summed E-state index contributed by atoms with van der Waals surface area (Å²) in [5.41, 5.74) is 1.84. The van der Waals surface area contributed by atoms with Crippen LogP contribution >= 0.6 is 0 Å². The molecule has 0 aliphatic heterocycles. The minimum absolute atomic E-state index is 0.0829. The van der Waals surface area contributed by atoms with Crippen LogP contribution in [0, 0.1) is 23.0 Å². The van der Waals surface area contributed by atoms with Gasteiger partial charge in [-0.1, -0.05) is 19.1 Å². The van der Waals surface area contributed by atoms with Crippen LogP contribution in [0.3, 0.4) is 0 Å². The number of hydrogen-bond donors (Lipinski definition) is 3. The molecular weight excluding hydrogens is 378 g/mol. The quantitative estimate of drug-likeness (QED) is 0.460. The fourth-order valence-electron chi connectivity index (χ4n) is 2.63. The van der Waals surface area contributed by atoms with Crippen LogP contribution in [0.25, 0.3) is 0 Å². The summed E-state index contributed by atoms with van der Waals surface area (Å²) in [7, 11) is 0. The first-order valence-corrected chi connectivity index (χ1v) is 8.82. The number of anilines is 1. The predicted molar refractivity (Wildman–Crippen MR) is 106 cm³/mol. The van der Waals surface area contributed by atoms with E-state index in [4.69, 9.17) is 5.11 Å². The van der Waals surface area contributed by atoms with Crippen molar-refractivity contribution in [3.8, 4) is 0 Å². The van der Waals surface area contributed by atoms with Crippen molar-refractivity contribution in [2.45, 2.75) is 20.3 Å². The number of hydrogen-bond acceptors (Lipinski definition) is 5. The molecule has 0 bridgehead atoms. The number of nitro benzene ring substituents is 1. The van der Waals surface area contributed by atoms with Crippen LogP contribution in [-0.4, -0.2) is 34.4 Å². The third-order valence-corrected chi connectivity index (χ3v) is 4.27. The Kier molecular flexibility index (Phi) is 7.02. The van der Waals surface area contributed by atoms with E-state index in [0.717, 1.165) is 5.56 Å². The number of rotatable bonds is 8. The Balaban J connectivity index is 1.88. The topological polar surface area (TPSA) is 139 Å². The Bertz CT molecular complexity index is 940. The second kappa shape index (κ2) is 9.45. The van der Waals surface area contributed by atoms with Gasteiger partial charge in [0, 0.05) is 22.9 Å². The molecule has 0 aliphatic carbocycles. The van der Waals surface area contributed by atoms with E-state index < -0.39 is 28.6 Å². The predicted octanol–water partition coefficient (Wildman–Crippen LogP) is 2.53. The standard InChI is InChI=1S/C20H21N3O6/c1-12-10-15(5-8-17(12)23(28)29)19(25)21-11-18(24)22-16-6-3-14(4-7-16)9-13(2)20(26)27/h3-8,10,13H,9,11H2,1-2H3,(H,21,25)(H,22,24)(H,26,27). The van der Waals surface area contributed by atoms with Gasteiger partial charge >= 0.3 is 5.97 Å². The van der Waals surface area contributed by atoms with Crippen LogP contribution in [-0.2, 0) is 16.0 Å². The van der Waals surface area contributed by atoms with Crippen molar-refractivity contribution in [2.75, 3.05) is 11.9 Å². The number of amides is 2. The molecule has 0 saturated carbocycles. The van der Waals surface area contributed by atoms with Crippen molar-refractivity contribution in [1.29, 1.82) is 0 Å². The highest BCUT2D eigenvalue weighted by molar-refractivity contribution is 5.99. The highest BCUT2D eigenvalue weighted by Gasteiger charge is 2.15. The Morgan fingerprint density at radius 3 is 2.34 bits per heavy atom. The number of aryl methyl sites for hydroxylation is 1. The largest absolute Gasteiger partial charge is 0.481 e. The lowest BCUT2D eigenvalue weighted by Gasteiger charge is -2.09. The molecule has 9 nitrogen and oxygen atoms in total. The van der Waals surface area contributed by atoms with Gasteiger partial charge in [-0.2, -0.15) is 0 Å². The molecule has 1 atom stereocenters. The maximum Gasteiger partial charge on any atom is 0.306 e. The molecule has 29 heavy (non-hydrogen) atoms. The van der Waals surface area contributed by atoms with E-state index in [1.807, 2.05) is 0 Å². The lowest BCUT2D eigenvalue weighted by Crippen LogP contribution is -2.32. The number of benzene rings is 2. The molecule has 3 N–H and O–H groups in total. The van der Waals surface area contributed by atoms with Crippen LogP contribution in [0.1, 0.15) is 28.4 Å². The Hall–Kier alpha value is -3.75. The molecule has 152 valence electrons. The van der Waals surface area contributed by atoms with Crippen molar-refractivity contribution in [3.63, 3.8) is 0 Å². The van der Waals surface area contributed by atoms with E-state index in [9.17, 15) is 24.5 Å². The van der Waals surface area contributed by atoms with Gasteiger partial charge in [-0.3, -0.25) is 24.5 Å². The van der Waals surface area contributed by atoms with Crippen LogP contribution < -0.4 is 10.6 Å². The van der Waals surface area contributed by atoms with E-state index in [1.165, 1.54) is 25.1 Å². The molecule has 9 heteroatoms. The van der Waals surface area contributed by atoms with Gasteiger partial charge in [0.25, 0.3) is 11.6 Å². The summed E-state index contributed by atoms with van der Waals surface area (Å²) in [5, 5.41) is 24.8. The summed E-state index contributed by atoms with van der Waals surface area (Å²) < 4.78 is 0. The van der Waals surface area contributed by atoms with Crippen molar-refractivity contribution in [3.05, 3.63) is 69.3 Å². The first kappa shape index (κ1) is 21.5. The average molecular weight is 399 g/mol. The van der Waals surface area contributed by atoms with Gasteiger partial charge in [-0.05, 0) is 43.2 Å². The Morgan fingerprint density at radius 1 is 1.14 bits per heavy atom. The van der Waals surface area contributed by atoms with Crippen molar-refractivity contribution in [2.24, 2.45) is 5.92 Å². The summed E-state index contributed by atoms with van der Waals surface area (Å²) in [6.45, 7) is 2.88. The van der Waals surface area contributed by atoms with Gasteiger partial charge in [0.1, 0.15) is 0 Å². The molecule has 2 aromatic carbocycles. The van der Waals surface area contributed by atoms with Crippen molar-refractivity contribution < 1.29 is 24.4 Å². The third kappa shape index (κ3) is 6.13. The normalized spacial score (nSPS) is 11.4. The molecule has 0 radical (unpaired) electrons. The first-order chi connectivity index (χ1) is 13.7. The molecule has 0 fully saturated rings. The highest BCUT2D eigenvalue weighted by Crippen LogP contribution is 2.18. The van der Waals surface area contributed by atoms with Gasteiger partial charge in [0.2, 0.25) is 5.91 Å². The van der Waals surface area contributed by atoms with E-state index in [1.54, 1.807) is 31.2 Å². The minimum Gasteiger partial charge on any atom is -0.481 e. The lowest BCUT2D eigenvalue weighted by atomic mass is 10.0. The van der Waals surface area contributed by atoms with E-state index >= 15 is 0 Å². The molecule has 1 unspecified atom stereocenters. The number of carboxylic acid groups (broad SMARTS) is 1. The number of nitrogens with zero attached hydrogens (tertiary/aromatic N) is 1. The number of aliphatic carboxylic acids is 1. The summed E-state index contributed by atoms with van der Waals surface area (Å²) in [5.74, 6) is -2.34. The summed E-state index contributed by atoms with van der Waals surface area (Å²) in [4.78, 5) is 45.3. The summed E-state index contributed by atoms with van der Waals surface area (Å²) in [6, 6.07) is 10.7. The molecule has 2 amide bonds. The molecular formula is C20H21N3O6. The van der Waals surface area contributed by atoms with Gasteiger partial charge in [0.15, 0.2) is 0 Å². The highest BCUT2D eigenvalue weighted by atomic mass is 16.6.